The first kappa shape index (κ1) is 18.7. The summed E-state index contributed by atoms with van der Waals surface area (Å²) in [7, 11) is 0. The number of carbonyl (C=O) groups is 2. The second-order valence-electron chi connectivity index (χ2n) is 7.08. The van der Waals surface area contributed by atoms with Gasteiger partial charge in [0.15, 0.2) is 0 Å². The molecule has 1 heterocycles. The summed E-state index contributed by atoms with van der Waals surface area (Å²) in [5.74, 6) is -0.635. The highest BCUT2D eigenvalue weighted by Crippen LogP contribution is 2.32. The van der Waals surface area contributed by atoms with Crippen molar-refractivity contribution < 1.29 is 22.8 Å². The Kier molecular flexibility index (Phi) is 5.53. The summed E-state index contributed by atoms with van der Waals surface area (Å²) in [6, 6.07) is 5.63. The third-order valence-corrected chi connectivity index (χ3v) is 5.31. The maximum absolute atomic E-state index is 13.0. The van der Waals surface area contributed by atoms with Crippen molar-refractivity contribution in [3.8, 4) is 0 Å². The van der Waals surface area contributed by atoms with Gasteiger partial charge in [-0.3, -0.25) is 9.59 Å². The maximum Gasteiger partial charge on any atom is 0.416 e. The largest absolute Gasteiger partial charge is 0.416 e. The lowest BCUT2D eigenvalue weighted by Crippen LogP contribution is -2.37. The number of rotatable bonds is 5. The van der Waals surface area contributed by atoms with E-state index in [4.69, 9.17) is 0 Å². The highest BCUT2D eigenvalue weighted by Gasteiger charge is 2.38. The SMILES string of the molecule is O=C(NCCc1ccccc1C(F)(F)F)[C@H]1CC(=O)N(C2CCCC2)C1. The molecule has 3 rings (SSSR count). The minimum atomic E-state index is -4.40. The van der Waals surface area contributed by atoms with Crippen LogP contribution in [0.2, 0.25) is 0 Å². The van der Waals surface area contributed by atoms with Crippen LogP contribution >= 0.6 is 0 Å². The van der Waals surface area contributed by atoms with Crippen molar-refractivity contribution in [3.63, 3.8) is 0 Å². The Labute approximate surface area is 150 Å². The molecule has 0 bridgehead atoms. The minimum Gasteiger partial charge on any atom is -0.355 e. The molecular formula is C19H23F3N2O2. The van der Waals surface area contributed by atoms with Crippen LogP contribution in [-0.4, -0.2) is 35.8 Å². The zero-order valence-corrected chi connectivity index (χ0v) is 14.5. The summed E-state index contributed by atoms with van der Waals surface area (Å²) in [5, 5.41) is 2.70. The van der Waals surface area contributed by atoms with Gasteiger partial charge >= 0.3 is 6.18 Å². The average molecular weight is 368 g/mol. The molecule has 2 aliphatic rings. The predicted octanol–water partition coefficient (Wildman–Crippen LogP) is 3.16. The molecular weight excluding hydrogens is 345 g/mol. The fourth-order valence-corrected chi connectivity index (χ4v) is 3.96. The number of hydrogen-bond acceptors (Lipinski definition) is 2. The second-order valence-corrected chi connectivity index (χ2v) is 7.08. The summed E-state index contributed by atoms with van der Waals surface area (Å²) in [5.41, 5.74) is -0.506. The molecule has 1 aliphatic heterocycles. The Morgan fingerprint density at radius 1 is 1.19 bits per heavy atom. The number of hydrogen-bond donors (Lipinski definition) is 1. The van der Waals surface area contributed by atoms with E-state index in [0.29, 0.717) is 6.54 Å². The van der Waals surface area contributed by atoms with E-state index in [1.54, 1.807) is 6.07 Å². The number of likely N-dealkylation sites (tertiary alicyclic amines) is 1. The lowest BCUT2D eigenvalue weighted by atomic mass is 10.0. The standard InChI is InChI=1S/C19H23F3N2O2/c20-19(21,22)16-8-4-1-5-13(16)9-10-23-18(26)14-11-17(25)24(12-14)15-6-2-3-7-15/h1,4-5,8,14-15H,2-3,6-7,9-12H2,(H,23,26)/t14-/m0/s1. The Morgan fingerprint density at radius 2 is 1.88 bits per heavy atom. The quantitative estimate of drug-likeness (QED) is 0.868. The molecule has 1 aromatic carbocycles. The van der Waals surface area contributed by atoms with E-state index >= 15 is 0 Å². The van der Waals surface area contributed by atoms with Crippen LogP contribution in [0, 0.1) is 5.92 Å². The first-order valence-electron chi connectivity index (χ1n) is 9.08. The van der Waals surface area contributed by atoms with Crippen molar-refractivity contribution in [2.24, 2.45) is 5.92 Å². The number of nitrogens with zero attached hydrogens (tertiary/aromatic N) is 1. The van der Waals surface area contributed by atoms with Gasteiger partial charge in [-0.05, 0) is 30.9 Å². The Hall–Kier alpha value is -2.05. The molecule has 1 saturated carbocycles. The van der Waals surface area contributed by atoms with Gasteiger partial charge in [0.05, 0.1) is 11.5 Å². The van der Waals surface area contributed by atoms with Gasteiger partial charge in [0, 0.05) is 25.6 Å². The fourth-order valence-electron chi connectivity index (χ4n) is 3.96. The average Bonchev–Trinajstić information content (AvgIpc) is 3.23. The van der Waals surface area contributed by atoms with E-state index in [9.17, 15) is 22.8 Å². The molecule has 1 N–H and O–H groups in total. The van der Waals surface area contributed by atoms with E-state index in [-0.39, 0.29) is 42.8 Å². The molecule has 4 nitrogen and oxygen atoms in total. The van der Waals surface area contributed by atoms with Crippen LogP contribution in [0.4, 0.5) is 13.2 Å². The molecule has 2 fully saturated rings. The van der Waals surface area contributed by atoms with Crippen molar-refractivity contribution in [1.82, 2.24) is 10.2 Å². The van der Waals surface area contributed by atoms with E-state index < -0.39 is 17.7 Å². The monoisotopic (exact) mass is 368 g/mol. The summed E-state index contributed by atoms with van der Waals surface area (Å²) in [4.78, 5) is 26.3. The first-order chi connectivity index (χ1) is 12.4. The molecule has 1 saturated heterocycles. The van der Waals surface area contributed by atoms with Gasteiger partial charge in [0.1, 0.15) is 0 Å². The molecule has 1 aliphatic carbocycles. The normalized spacial score (nSPS) is 21.4. The molecule has 2 amide bonds. The Balaban J connectivity index is 1.52. The number of amides is 2. The number of benzene rings is 1. The van der Waals surface area contributed by atoms with Crippen LogP contribution in [0.1, 0.15) is 43.2 Å². The van der Waals surface area contributed by atoms with E-state index in [1.807, 2.05) is 4.90 Å². The van der Waals surface area contributed by atoms with E-state index in [1.165, 1.54) is 12.1 Å². The van der Waals surface area contributed by atoms with Crippen molar-refractivity contribution in [3.05, 3.63) is 35.4 Å². The van der Waals surface area contributed by atoms with Crippen LogP contribution in [0.15, 0.2) is 24.3 Å². The zero-order chi connectivity index (χ0) is 18.7. The third-order valence-electron chi connectivity index (χ3n) is 5.31. The molecule has 0 spiro atoms. The maximum atomic E-state index is 13.0. The van der Waals surface area contributed by atoms with Crippen molar-refractivity contribution in [2.45, 2.75) is 50.7 Å². The molecule has 26 heavy (non-hydrogen) atoms. The predicted molar refractivity (Wildman–Crippen MR) is 90.2 cm³/mol. The summed E-state index contributed by atoms with van der Waals surface area (Å²) in [6.07, 6.45) is 0.118. The summed E-state index contributed by atoms with van der Waals surface area (Å²) < 4.78 is 39.0. The highest BCUT2D eigenvalue weighted by molar-refractivity contribution is 5.89. The molecule has 0 radical (unpaired) electrons. The molecule has 1 aromatic rings. The Morgan fingerprint density at radius 3 is 2.58 bits per heavy atom. The van der Waals surface area contributed by atoms with Gasteiger partial charge in [-0.25, -0.2) is 0 Å². The van der Waals surface area contributed by atoms with Gasteiger partial charge in [0.25, 0.3) is 0 Å². The third kappa shape index (κ3) is 4.19. The molecule has 1 atom stereocenters. The zero-order valence-electron chi connectivity index (χ0n) is 14.5. The fraction of sp³-hybridized carbons (Fsp3) is 0.579. The number of alkyl halides is 3. The van der Waals surface area contributed by atoms with Crippen LogP contribution < -0.4 is 5.32 Å². The number of halogens is 3. The van der Waals surface area contributed by atoms with Crippen LogP contribution in [-0.2, 0) is 22.2 Å². The minimum absolute atomic E-state index is 0.0134. The van der Waals surface area contributed by atoms with E-state index in [0.717, 1.165) is 31.7 Å². The lowest BCUT2D eigenvalue weighted by Gasteiger charge is -2.23. The van der Waals surface area contributed by atoms with Crippen molar-refractivity contribution >= 4 is 11.8 Å². The smallest absolute Gasteiger partial charge is 0.355 e. The van der Waals surface area contributed by atoms with Crippen LogP contribution in [0.25, 0.3) is 0 Å². The lowest BCUT2D eigenvalue weighted by molar-refractivity contribution is -0.138. The van der Waals surface area contributed by atoms with Crippen molar-refractivity contribution in [1.29, 1.82) is 0 Å². The van der Waals surface area contributed by atoms with Gasteiger partial charge in [-0.15, -0.1) is 0 Å². The Bertz CT molecular complexity index is 669. The number of carbonyl (C=O) groups excluding carboxylic acids is 2. The first-order valence-corrected chi connectivity index (χ1v) is 9.08. The molecule has 142 valence electrons. The van der Waals surface area contributed by atoms with Crippen molar-refractivity contribution in [2.75, 3.05) is 13.1 Å². The highest BCUT2D eigenvalue weighted by atomic mass is 19.4. The van der Waals surface area contributed by atoms with Crippen LogP contribution in [0.3, 0.4) is 0 Å². The van der Waals surface area contributed by atoms with Crippen LogP contribution in [0.5, 0.6) is 0 Å². The molecule has 7 heteroatoms. The molecule has 0 unspecified atom stereocenters. The number of nitrogens with one attached hydrogen (secondary N) is 1. The van der Waals surface area contributed by atoms with Gasteiger partial charge in [0.2, 0.25) is 11.8 Å². The molecule has 0 aromatic heterocycles. The van der Waals surface area contributed by atoms with E-state index in [2.05, 4.69) is 5.32 Å². The van der Waals surface area contributed by atoms with Gasteiger partial charge < -0.3 is 10.2 Å². The summed E-state index contributed by atoms with van der Waals surface area (Å²) in [6.45, 7) is 0.550. The van der Waals surface area contributed by atoms with Gasteiger partial charge in [-0.2, -0.15) is 13.2 Å². The summed E-state index contributed by atoms with van der Waals surface area (Å²) >= 11 is 0. The second kappa shape index (κ2) is 7.68. The topological polar surface area (TPSA) is 49.4 Å². The van der Waals surface area contributed by atoms with Gasteiger partial charge in [-0.1, -0.05) is 31.0 Å².